The Balaban J connectivity index is 1.80. The molecule has 0 unspecified atom stereocenters. The van der Waals surface area contributed by atoms with Crippen LogP contribution in [0.4, 0.5) is 5.69 Å². The molecule has 1 aromatic carbocycles. The van der Waals surface area contributed by atoms with Crippen molar-refractivity contribution in [3.05, 3.63) is 47.5 Å². The van der Waals surface area contributed by atoms with Crippen LogP contribution in [0.1, 0.15) is 29.9 Å². The average Bonchev–Trinajstić information content (AvgIpc) is 3.09. The van der Waals surface area contributed by atoms with Crippen LogP contribution in [-0.2, 0) is 14.8 Å². The molecule has 1 saturated heterocycles. The zero-order valence-corrected chi connectivity index (χ0v) is 18.6. The summed E-state index contributed by atoms with van der Waals surface area (Å²) >= 11 is 0. The van der Waals surface area contributed by atoms with Crippen LogP contribution >= 0.6 is 0 Å². The molecule has 1 aliphatic heterocycles. The van der Waals surface area contributed by atoms with Gasteiger partial charge in [-0.25, -0.2) is 8.42 Å². The van der Waals surface area contributed by atoms with E-state index >= 15 is 0 Å². The highest BCUT2D eigenvalue weighted by molar-refractivity contribution is 7.89. The molecular formula is C21H28N4O4S. The topological polar surface area (TPSA) is 95.8 Å². The highest BCUT2D eigenvalue weighted by Gasteiger charge is 2.37. The van der Waals surface area contributed by atoms with E-state index in [0.717, 1.165) is 11.3 Å². The Kier molecular flexibility index (Phi) is 6.62. The van der Waals surface area contributed by atoms with E-state index in [-0.39, 0.29) is 23.1 Å². The fourth-order valence-electron chi connectivity index (χ4n) is 3.47. The summed E-state index contributed by atoms with van der Waals surface area (Å²) in [6.07, 6.45) is 4.53. The van der Waals surface area contributed by atoms with Crippen molar-refractivity contribution in [3.63, 3.8) is 0 Å². The number of amides is 1. The van der Waals surface area contributed by atoms with E-state index in [2.05, 4.69) is 10.5 Å². The van der Waals surface area contributed by atoms with Gasteiger partial charge in [0.2, 0.25) is 15.9 Å². The molecule has 1 N–H and O–H groups in total. The molecule has 162 valence electrons. The summed E-state index contributed by atoms with van der Waals surface area (Å²) in [6.45, 7) is 4.01. The molecule has 1 amide bonds. The number of aromatic nitrogens is 1. The number of piperidine rings is 1. The Hall–Kier alpha value is -2.65. The molecule has 0 spiro atoms. The summed E-state index contributed by atoms with van der Waals surface area (Å²) in [5.74, 6) is -0.402. The zero-order chi connectivity index (χ0) is 21.9. The van der Waals surface area contributed by atoms with Crippen LogP contribution in [0, 0.1) is 19.8 Å². The second kappa shape index (κ2) is 9.01. The smallest absolute Gasteiger partial charge is 0.248 e. The molecule has 9 heteroatoms. The fourth-order valence-corrected chi connectivity index (χ4v) is 5.24. The lowest BCUT2D eigenvalue weighted by Crippen LogP contribution is -2.44. The number of aryl methyl sites for hydroxylation is 2. The van der Waals surface area contributed by atoms with Gasteiger partial charge in [-0.05, 0) is 38.3 Å². The zero-order valence-electron chi connectivity index (χ0n) is 17.8. The Morgan fingerprint density at radius 2 is 2.03 bits per heavy atom. The molecule has 1 atom stereocenters. The first-order chi connectivity index (χ1) is 14.2. The monoisotopic (exact) mass is 432 g/mol. The Morgan fingerprint density at radius 1 is 1.30 bits per heavy atom. The molecule has 3 rings (SSSR count). The SMILES string of the molecule is Cc1ccccc1NC(=O)[C@@H]1CCCN(S(=O)(=O)c2c(C)noc2/C=C/N(C)C)C1. The molecule has 8 nitrogen and oxygen atoms in total. The molecule has 2 aromatic rings. The highest BCUT2D eigenvalue weighted by Crippen LogP contribution is 2.29. The lowest BCUT2D eigenvalue weighted by atomic mass is 9.98. The number of rotatable bonds is 6. The minimum atomic E-state index is -3.85. The van der Waals surface area contributed by atoms with E-state index in [0.29, 0.717) is 25.1 Å². The van der Waals surface area contributed by atoms with E-state index in [4.69, 9.17) is 4.52 Å². The van der Waals surface area contributed by atoms with Gasteiger partial charge in [-0.1, -0.05) is 23.4 Å². The van der Waals surface area contributed by atoms with Gasteiger partial charge in [0.15, 0.2) is 10.7 Å². The summed E-state index contributed by atoms with van der Waals surface area (Å²) in [6, 6.07) is 7.53. The molecule has 0 radical (unpaired) electrons. The van der Waals surface area contributed by atoms with Crippen LogP contribution in [0.2, 0.25) is 0 Å². The van der Waals surface area contributed by atoms with Gasteiger partial charge in [-0.15, -0.1) is 0 Å². The van der Waals surface area contributed by atoms with Gasteiger partial charge in [0.1, 0.15) is 5.69 Å². The van der Waals surface area contributed by atoms with E-state index < -0.39 is 15.9 Å². The second-order valence-electron chi connectivity index (χ2n) is 7.75. The van der Waals surface area contributed by atoms with Crippen molar-refractivity contribution in [2.45, 2.75) is 31.6 Å². The number of hydrogen-bond acceptors (Lipinski definition) is 6. The minimum absolute atomic E-state index is 0.0561. The number of nitrogens with one attached hydrogen (secondary N) is 1. The summed E-state index contributed by atoms with van der Waals surface area (Å²) in [5.41, 5.74) is 2.01. The standard InChI is InChI=1S/C21H28N4O4S/c1-15-8-5-6-10-18(15)22-21(26)17-9-7-12-25(14-17)30(27,28)20-16(2)23-29-19(20)11-13-24(3)4/h5-6,8,10-11,13,17H,7,9,12,14H2,1-4H3,(H,22,26)/b13-11+/t17-/m1/s1. The third-order valence-electron chi connectivity index (χ3n) is 5.11. The maximum Gasteiger partial charge on any atom is 0.248 e. The number of carbonyl (C=O) groups is 1. The second-order valence-corrected chi connectivity index (χ2v) is 9.62. The third kappa shape index (κ3) is 4.73. The number of carbonyl (C=O) groups excluding carboxylic acids is 1. The van der Waals surface area contributed by atoms with Crippen molar-refractivity contribution >= 4 is 27.7 Å². The van der Waals surface area contributed by atoms with Crippen molar-refractivity contribution in [1.29, 1.82) is 0 Å². The Bertz CT molecular complexity index is 1040. The average molecular weight is 433 g/mol. The van der Waals surface area contributed by atoms with Crippen molar-refractivity contribution in [1.82, 2.24) is 14.4 Å². The number of sulfonamides is 1. The lowest BCUT2D eigenvalue weighted by molar-refractivity contribution is -0.120. The van der Waals surface area contributed by atoms with E-state index in [1.807, 2.05) is 45.3 Å². The van der Waals surface area contributed by atoms with Crippen LogP contribution in [0.25, 0.3) is 6.08 Å². The van der Waals surface area contributed by atoms with Gasteiger partial charge in [0.05, 0.1) is 5.92 Å². The Labute approximate surface area is 177 Å². The third-order valence-corrected chi connectivity index (χ3v) is 7.14. The van der Waals surface area contributed by atoms with Gasteiger partial charge in [0, 0.05) is 45.1 Å². The molecule has 0 aliphatic carbocycles. The van der Waals surface area contributed by atoms with Crippen LogP contribution in [0.3, 0.4) is 0 Å². The van der Waals surface area contributed by atoms with Crippen molar-refractivity contribution < 1.29 is 17.7 Å². The van der Waals surface area contributed by atoms with Gasteiger partial charge in [0.25, 0.3) is 0 Å². The quantitative estimate of drug-likeness (QED) is 0.754. The first-order valence-corrected chi connectivity index (χ1v) is 11.3. The highest BCUT2D eigenvalue weighted by atomic mass is 32.2. The normalized spacial score (nSPS) is 17.9. The maximum atomic E-state index is 13.4. The van der Waals surface area contributed by atoms with Crippen LogP contribution in [0.5, 0.6) is 0 Å². The summed E-state index contributed by atoms with van der Waals surface area (Å²) < 4.78 is 33.3. The maximum absolute atomic E-state index is 13.4. The van der Waals surface area contributed by atoms with E-state index in [1.165, 1.54) is 4.31 Å². The molecule has 1 aromatic heterocycles. The van der Waals surface area contributed by atoms with E-state index in [9.17, 15) is 13.2 Å². The van der Waals surface area contributed by atoms with Crippen LogP contribution < -0.4 is 5.32 Å². The van der Waals surface area contributed by atoms with Crippen LogP contribution in [0.15, 0.2) is 39.9 Å². The number of benzene rings is 1. The predicted octanol–water partition coefficient (Wildman–Crippen LogP) is 2.86. The number of nitrogens with zero attached hydrogens (tertiary/aromatic N) is 3. The first kappa shape index (κ1) is 22.0. The molecular weight excluding hydrogens is 404 g/mol. The van der Waals surface area contributed by atoms with Gasteiger partial charge < -0.3 is 14.7 Å². The molecule has 2 heterocycles. The van der Waals surface area contributed by atoms with E-state index in [1.54, 1.807) is 24.1 Å². The molecule has 1 fully saturated rings. The fraction of sp³-hybridized carbons (Fsp3) is 0.429. The van der Waals surface area contributed by atoms with Crippen molar-refractivity contribution in [2.75, 3.05) is 32.5 Å². The summed E-state index contributed by atoms with van der Waals surface area (Å²) in [7, 11) is -0.189. The number of anilines is 1. The van der Waals surface area contributed by atoms with Crippen LogP contribution in [-0.4, -0.2) is 55.9 Å². The summed E-state index contributed by atoms with van der Waals surface area (Å²) in [4.78, 5) is 14.6. The molecule has 0 saturated carbocycles. The molecule has 1 aliphatic rings. The summed E-state index contributed by atoms with van der Waals surface area (Å²) in [5, 5.41) is 6.78. The Morgan fingerprint density at radius 3 is 2.73 bits per heavy atom. The minimum Gasteiger partial charge on any atom is -0.383 e. The number of hydrogen-bond donors (Lipinski definition) is 1. The van der Waals surface area contributed by atoms with Gasteiger partial charge >= 0.3 is 0 Å². The molecule has 30 heavy (non-hydrogen) atoms. The first-order valence-electron chi connectivity index (χ1n) is 9.87. The number of para-hydroxylation sites is 1. The molecule has 0 bridgehead atoms. The van der Waals surface area contributed by atoms with Crippen molar-refractivity contribution in [2.24, 2.45) is 5.92 Å². The van der Waals surface area contributed by atoms with Gasteiger partial charge in [-0.2, -0.15) is 4.31 Å². The van der Waals surface area contributed by atoms with Crippen molar-refractivity contribution in [3.8, 4) is 0 Å². The predicted molar refractivity (Wildman–Crippen MR) is 115 cm³/mol. The lowest BCUT2D eigenvalue weighted by Gasteiger charge is -2.31. The van der Waals surface area contributed by atoms with Gasteiger partial charge in [-0.3, -0.25) is 4.79 Å². The largest absolute Gasteiger partial charge is 0.383 e.